The van der Waals surface area contributed by atoms with Crippen LogP contribution in [0.3, 0.4) is 0 Å². The van der Waals surface area contributed by atoms with Crippen LogP contribution in [0.2, 0.25) is 5.04 Å². The molecule has 33 heavy (non-hydrogen) atoms. The van der Waals surface area contributed by atoms with Crippen molar-refractivity contribution in [3.63, 3.8) is 0 Å². The normalized spacial score (nSPS) is 12.8. The molecule has 0 heterocycles. The summed E-state index contributed by atoms with van der Waals surface area (Å²) in [6, 6.07) is 27.9. The number of benzene rings is 3. The zero-order valence-electron chi connectivity index (χ0n) is 19.4. The van der Waals surface area contributed by atoms with Crippen LogP contribution in [0.1, 0.15) is 26.3 Å². The Morgan fingerprint density at radius 3 is 1.88 bits per heavy atom. The summed E-state index contributed by atoms with van der Waals surface area (Å²) >= 11 is 0. The lowest BCUT2D eigenvalue weighted by Gasteiger charge is -2.42. The lowest BCUT2D eigenvalue weighted by atomic mass is 10.1. The number of anilines is 1. The Hall–Kier alpha value is -3.41. The van der Waals surface area contributed by atoms with E-state index in [4.69, 9.17) is 10.2 Å². The molecule has 3 N–H and O–H groups in total. The summed E-state index contributed by atoms with van der Waals surface area (Å²) in [4.78, 5) is 11.9. The van der Waals surface area contributed by atoms with E-state index in [2.05, 4.69) is 45.0 Å². The summed E-state index contributed by atoms with van der Waals surface area (Å²) in [5.74, 6) is -0.993. The van der Waals surface area contributed by atoms with Gasteiger partial charge in [0.25, 0.3) is 8.32 Å². The van der Waals surface area contributed by atoms with Gasteiger partial charge < -0.3 is 15.3 Å². The Balaban J connectivity index is 1.96. The molecule has 0 radical (unpaired) electrons. The maximum absolute atomic E-state index is 11.9. The maximum atomic E-state index is 11.9. The molecule has 0 aliphatic rings. The van der Waals surface area contributed by atoms with Gasteiger partial charge in [0.2, 0.25) is 0 Å². The van der Waals surface area contributed by atoms with Crippen LogP contribution in [0.5, 0.6) is 0 Å². The molecular weight excluding hydrogens is 426 g/mol. The summed E-state index contributed by atoms with van der Waals surface area (Å²) in [5, 5.41) is 11.9. The molecule has 0 saturated carbocycles. The molecular formula is C28H31NO3Si. The summed E-state index contributed by atoms with van der Waals surface area (Å²) in [6.07, 6.45) is 5.01. The number of rotatable bonds is 8. The zero-order chi connectivity index (χ0) is 23.9. The van der Waals surface area contributed by atoms with Gasteiger partial charge >= 0.3 is 5.97 Å². The molecule has 3 aromatic carbocycles. The third-order valence-corrected chi connectivity index (χ3v) is 10.7. The topological polar surface area (TPSA) is 72.5 Å². The predicted octanol–water partition coefficient (Wildman–Crippen LogP) is 4.87. The lowest BCUT2D eigenvalue weighted by molar-refractivity contribution is -0.132. The van der Waals surface area contributed by atoms with Gasteiger partial charge in [-0.15, -0.1) is 0 Å². The zero-order valence-corrected chi connectivity index (χ0v) is 20.4. The van der Waals surface area contributed by atoms with E-state index in [1.807, 2.05) is 48.5 Å². The van der Waals surface area contributed by atoms with Crippen molar-refractivity contribution in [1.29, 1.82) is 0 Å². The van der Waals surface area contributed by atoms with E-state index in [0.717, 1.165) is 15.9 Å². The number of hydrogen-bond acceptors (Lipinski definition) is 3. The fourth-order valence-corrected chi connectivity index (χ4v) is 8.53. The molecule has 5 heteroatoms. The molecule has 0 aliphatic carbocycles. The van der Waals surface area contributed by atoms with Crippen molar-refractivity contribution in [3.05, 3.63) is 108 Å². The van der Waals surface area contributed by atoms with E-state index in [0.29, 0.717) is 5.69 Å². The highest BCUT2D eigenvalue weighted by molar-refractivity contribution is 6.99. The van der Waals surface area contributed by atoms with Crippen molar-refractivity contribution in [2.75, 3.05) is 12.3 Å². The monoisotopic (exact) mass is 457 g/mol. The molecule has 0 saturated heterocycles. The van der Waals surface area contributed by atoms with Crippen molar-refractivity contribution in [1.82, 2.24) is 0 Å². The Morgan fingerprint density at radius 1 is 0.909 bits per heavy atom. The second-order valence-electron chi connectivity index (χ2n) is 8.94. The Morgan fingerprint density at radius 2 is 1.42 bits per heavy atom. The summed E-state index contributed by atoms with van der Waals surface area (Å²) in [7, 11) is -2.72. The molecule has 0 amide bonds. The van der Waals surface area contributed by atoms with Crippen LogP contribution in [0.4, 0.5) is 5.69 Å². The summed E-state index contributed by atoms with van der Waals surface area (Å²) < 4.78 is 6.76. The second kappa shape index (κ2) is 10.5. The SMILES string of the molecule is CC(C)(C)[Si](OC/C=C(\C=C\c1ccc(N)cc1)C(=O)O)(c1ccccc1)c1ccccc1. The second-order valence-corrected chi connectivity index (χ2v) is 13.2. The first-order valence-corrected chi connectivity index (χ1v) is 12.9. The van der Waals surface area contributed by atoms with Gasteiger partial charge in [0.05, 0.1) is 12.2 Å². The van der Waals surface area contributed by atoms with Crippen molar-refractivity contribution in [2.24, 2.45) is 0 Å². The largest absolute Gasteiger partial charge is 0.478 e. The number of carboxylic acids is 1. The molecule has 3 rings (SSSR count). The summed E-state index contributed by atoms with van der Waals surface area (Å²) in [5.41, 5.74) is 7.46. The van der Waals surface area contributed by atoms with Gasteiger partial charge in [-0.25, -0.2) is 4.79 Å². The van der Waals surface area contributed by atoms with Crippen molar-refractivity contribution in [2.45, 2.75) is 25.8 Å². The minimum Gasteiger partial charge on any atom is -0.478 e. The van der Waals surface area contributed by atoms with E-state index in [-0.39, 0.29) is 17.2 Å². The summed E-state index contributed by atoms with van der Waals surface area (Å²) in [6.45, 7) is 6.78. The fourth-order valence-electron chi connectivity index (χ4n) is 4.04. The number of carbonyl (C=O) groups is 1. The van der Waals surface area contributed by atoms with Gasteiger partial charge in [-0.05, 0) is 45.3 Å². The number of carboxylic acid groups (broad SMARTS) is 1. The average molecular weight is 458 g/mol. The molecule has 0 aliphatic heterocycles. The maximum Gasteiger partial charge on any atom is 0.335 e. The highest BCUT2D eigenvalue weighted by Gasteiger charge is 2.49. The van der Waals surface area contributed by atoms with E-state index < -0.39 is 14.3 Å². The van der Waals surface area contributed by atoms with Gasteiger partial charge in [0, 0.05) is 5.69 Å². The van der Waals surface area contributed by atoms with Crippen LogP contribution in [-0.4, -0.2) is 26.0 Å². The molecule has 3 aromatic rings. The molecule has 170 valence electrons. The van der Waals surface area contributed by atoms with Crippen LogP contribution in [-0.2, 0) is 9.22 Å². The van der Waals surface area contributed by atoms with E-state index in [1.54, 1.807) is 30.4 Å². The molecule has 0 bridgehead atoms. The number of nitrogens with two attached hydrogens (primary N) is 1. The Kier molecular flexibility index (Phi) is 7.69. The van der Waals surface area contributed by atoms with E-state index >= 15 is 0 Å². The fraction of sp³-hybridized carbons (Fsp3) is 0.179. The Labute approximate surface area is 197 Å². The van der Waals surface area contributed by atoms with Gasteiger partial charge in [0.15, 0.2) is 0 Å². The third kappa shape index (κ3) is 5.69. The average Bonchev–Trinajstić information content (AvgIpc) is 2.80. The van der Waals surface area contributed by atoms with Crippen molar-refractivity contribution >= 4 is 36.4 Å². The highest BCUT2D eigenvalue weighted by atomic mass is 28.4. The van der Waals surface area contributed by atoms with Crippen molar-refractivity contribution in [3.8, 4) is 0 Å². The van der Waals surface area contributed by atoms with Gasteiger partial charge in [-0.2, -0.15) is 0 Å². The van der Waals surface area contributed by atoms with Crippen LogP contribution in [0, 0.1) is 0 Å². The van der Waals surface area contributed by atoms with Gasteiger partial charge in [-0.1, -0.05) is 99.6 Å². The van der Waals surface area contributed by atoms with E-state index in [9.17, 15) is 9.90 Å². The first-order valence-electron chi connectivity index (χ1n) is 11.0. The lowest BCUT2D eigenvalue weighted by Crippen LogP contribution is -2.66. The highest BCUT2D eigenvalue weighted by Crippen LogP contribution is 2.36. The molecule has 0 aromatic heterocycles. The first kappa shape index (κ1) is 24.2. The molecule has 0 unspecified atom stereocenters. The molecule has 0 atom stereocenters. The molecule has 0 spiro atoms. The van der Waals surface area contributed by atoms with Gasteiger partial charge in [-0.3, -0.25) is 0 Å². The molecule has 0 fully saturated rings. The van der Waals surface area contributed by atoms with Gasteiger partial charge in [0.1, 0.15) is 0 Å². The minimum atomic E-state index is -2.72. The van der Waals surface area contributed by atoms with Crippen molar-refractivity contribution < 1.29 is 14.3 Å². The van der Waals surface area contributed by atoms with Crippen LogP contribution < -0.4 is 16.1 Å². The Bertz CT molecular complexity index is 1080. The quantitative estimate of drug-likeness (QED) is 0.219. The van der Waals surface area contributed by atoms with Crippen LogP contribution in [0.25, 0.3) is 6.08 Å². The van der Waals surface area contributed by atoms with Crippen LogP contribution in [0.15, 0.2) is 103 Å². The predicted molar refractivity (Wildman–Crippen MR) is 139 cm³/mol. The third-order valence-electron chi connectivity index (χ3n) is 5.66. The smallest absolute Gasteiger partial charge is 0.335 e. The van der Waals surface area contributed by atoms with Crippen LogP contribution >= 0.6 is 0 Å². The standard InChI is InChI=1S/C28H31NO3Si/c1-28(2,3)33(25-10-6-4-7-11-25,26-12-8-5-9-13-26)32-21-20-23(27(30)31)17-14-22-15-18-24(29)19-16-22/h4-20H,21,29H2,1-3H3,(H,30,31)/b17-14+,23-20+. The number of hydrogen-bond donors (Lipinski definition) is 2. The number of nitrogen functional groups attached to an aromatic ring is 1. The number of aliphatic carboxylic acids is 1. The first-order chi connectivity index (χ1) is 15.7. The molecule has 4 nitrogen and oxygen atoms in total. The minimum absolute atomic E-state index is 0.174. The van der Waals surface area contributed by atoms with E-state index in [1.165, 1.54) is 0 Å².